The van der Waals surface area contributed by atoms with Crippen LogP contribution in [0.1, 0.15) is 26.7 Å². The van der Waals surface area contributed by atoms with Crippen molar-refractivity contribution < 1.29 is 19.1 Å². The SMILES string of the molecule is COC(=O)C(CC(C)C)N[C@@H](CCN)C(=O)OC. The zero-order valence-corrected chi connectivity index (χ0v) is 11.6. The molecule has 0 fully saturated rings. The number of esters is 2. The molecule has 106 valence electrons. The highest BCUT2D eigenvalue weighted by atomic mass is 16.5. The van der Waals surface area contributed by atoms with E-state index in [-0.39, 0.29) is 5.97 Å². The first-order chi connectivity index (χ1) is 8.46. The van der Waals surface area contributed by atoms with E-state index in [1.807, 2.05) is 13.8 Å². The third kappa shape index (κ3) is 5.97. The zero-order valence-electron chi connectivity index (χ0n) is 11.6. The van der Waals surface area contributed by atoms with Crippen molar-refractivity contribution in [2.75, 3.05) is 20.8 Å². The van der Waals surface area contributed by atoms with Gasteiger partial charge in [0.25, 0.3) is 0 Å². The molecular weight excluding hydrogens is 236 g/mol. The molecule has 3 N–H and O–H groups in total. The molecule has 0 spiro atoms. The standard InChI is InChI=1S/C12H24N2O4/c1-8(2)7-10(12(16)18-4)14-9(5-6-13)11(15)17-3/h8-10,14H,5-7,13H2,1-4H3/t9-,10?/m0/s1. The first kappa shape index (κ1) is 16.9. The molecule has 0 saturated heterocycles. The monoisotopic (exact) mass is 260 g/mol. The fourth-order valence-electron chi connectivity index (χ4n) is 1.67. The zero-order chi connectivity index (χ0) is 14.1. The van der Waals surface area contributed by atoms with Crippen molar-refractivity contribution in [1.82, 2.24) is 5.32 Å². The Morgan fingerprint density at radius 3 is 2.00 bits per heavy atom. The Kier molecular flexibility index (Phi) is 8.32. The maximum absolute atomic E-state index is 11.6. The number of nitrogens with two attached hydrogens (primary N) is 1. The van der Waals surface area contributed by atoms with Crippen molar-refractivity contribution in [2.24, 2.45) is 11.7 Å². The lowest BCUT2D eigenvalue weighted by atomic mass is 10.0. The minimum atomic E-state index is -0.581. The minimum Gasteiger partial charge on any atom is -0.468 e. The number of ether oxygens (including phenoxy) is 2. The van der Waals surface area contributed by atoms with Crippen LogP contribution in [0.4, 0.5) is 0 Å². The maximum Gasteiger partial charge on any atom is 0.322 e. The van der Waals surface area contributed by atoms with Crippen LogP contribution in [0.3, 0.4) is 0 Å². The minimum absolute atomic E-state index is 0.303. The molecule has 0 aromatic carbocycles. The van der Waals surface area contributed by atoms with Crippen molar-refractivity contribution >= 4 is 11.9 Å². The summed E-state index contributed by atoms with van der Waals surface area (Å²) in [4.78, 5) is 23.2. The summed E-state index contributed by atoms with van der Waals surface area (Å²) >= 11 is 0. The molecule has 0 saturated carbocycles. The largest absolute Gasteiger partial charge is 0.468 e. The molecule has 0 rings (SSSR count). The van der Waals surface area contributed by atoms with Crippen molar-refractivity contribution in [3.63, 3.8) is 0 Å². The van der Waals surface area contributed by atoms with Crippen LogP contribution in [-0.2, 0) is 19.1 Å². The number of nitrogens with one attached hydrogen (secondary N) is 1. The summed E-state index contributed by atoms with van der Waals surface area (Å²) in [5, 5.41) is 2.96. The summed E-state index contributed by atoms with van der Waals surface area (Å²) in [7, 11) is 2.64. The van der Waals surface area contributed by atoms with Gasteiger partial charge in [0.1, 0.15) is 12.1 Å². The third-order valence-electron chi connectivity index (χ3n) is 2.54. The van der Waals surface area contributed by atoms with E-state index in [1.54, 1.807) is 0 Å². The highest BCUT2D eigenvalue weighted by molar-refractivity contribution is 5.79. The predicted molar refractivity (Wildman–Crippen MR) is 67.9 cm³/mol. The number of rotatable bonds is 8. The van der Waals surface area contributed by atoms with E-state index < -0.39 is 18.1 Å². The molecule has 0 bridgehead atoms. The van der Waals surface area contributed by atoms with E-state index in [9.17, 15) is 9.59 Å². The van der Waals surface area contributed by atoms with Crippen LogP contribution in [-0.4, -0.2) is 44.8 Å². The summed E-state index contributed by atoms with van der Waals surface area (Å²) in [6, 6.07) is -1.10. The molecule has 0 amide bonds. The summed E-state index contributed by atoms with van der Waals surface area (Å²) in [6.45, 7) is 4.32. The fourth-order valence-corrected chi connectivity index (χ4v) is 1.67. The first-order valence-corrected chi connectivity index (χ1v) is 6.08. The molecule has 0 aliphatic rings. The van der Waals surface area contributed by atoms with Crippen LogP contribution in [0.2, 0.25) is 0 Å². The van der Waals surface area contributed by atoms with Gasteiger partial charge in [-0.2, -0.15) is 0 Å². The highest BCUT2D eigenvalue weighted by Crippen LogP contribution is 2.08. The lowest BCUT2D eigenvalue weighted by molar-refractivity contribution is -0.146. The summed E-state index contributed by atoms with van der Waals surface area (Å²) in [6.07, 6.45) is 1.00. The van der Waals surface area contributed by atoms with Gasteiger partial charge in [-0.25, -0.2) is 0 Å². The second kappa shape index (κ2) is 8.88. The Bertz CT molecular complexity index is 269. The quantitative estimate of drug-likeness (QED) is 0.599. The van der Waals surface area contributed by atoms with Gasteiger partial charge in [-0.15, -0.1) is 0 Å². The number of hydrogen-bond acceptors (Lipinski definition) is 6. The molecule has 6 heteroatoms. The van der Waals surface area contributed by atoms with Crippen LogP contribution in [0.15, 0.2) is 0 Å². The van der Waals surface area contributed by atoms with Crippen LogP contribution >= 0.6 is 0 Å². The molecular formula is C12H24N2O4. The van der Waals surface area contributed by atoms with Crippen LogP contribution < -0.4 is 11.1 Å². The second-order valence-electron chi connectivity index (χ2n) is 4.53. The van der Waals surface area contributed by atoms with Gasteiger partial charge in [0, 0.05) is 0 Å². The molecule has 0 heterocycles. The van der Waals surface area contributed by atoms with Crippen molar-refractivity contribution in [3.8, 4) is 0 Å². The third-order valence-corrected chi connectivity index (χ3v) is 2.54. The summed E-state index contributed by atoms with van der Waals surface area (Å²) in [5.74, 6) is -0.495. The summed E-state index contributed by atoms with van der Waals surface area (Å²) < 4.78 is 9.40. The van der Waals surface area contributed by atoms with Gasteiger partial charge in [-0.3, -0.25) is 14.9 Å². The van der Waals surface area contributed by atoms with Crippen LogP contribution in [0, 0.1) is 5.92 Å². The van der Waals surface area contributed by atoms with Gasteiger partial charge in [-0.1, -0.05) is 13.8 Å². The van der Waals surface area contributed by atoms with E-state index in [1.165, 1.54) is 14.2 Å². The Balaban J connectivity index is 4.68. The van der Waals surface area contributed by atoms with E-state index in [0.717, 1.165) is 0 Å². The summed E-state index contributed by atoms with van der Waals surface area (Å²) in [5.41, 5.74) is 5.44. The Hall–Kier alpha value is -1.14. The lowest BCUT2D eigenvalue weighted by Gasteiger charge is -2.23. The van der Waals surface area contributed by atoms with Crippen LogP contribution in [0.25, 0.3) is 0 Å². The number of hydrogen-bond donors (Lipinski definition) is 2. The number of carbonyl (C=O) groups excluding carboxylic acids is 2. The lowest BCUT2D eigenvalue weighted by Crippen LogP contribution is -2.49. The average Bonchev–Trinajstić information content (AvgIpc) is 2.34. The molecule has 0 aliphatic carbocycles. The predicted octanol–water partition coefficient (Wildman–Crippen LogP) is 0.0541. The van der Waals surface area contributed by atoms with E-state index in [4.69, 9.17) is 10.5 Å². The first-order valence-electron chi connectivity index (χ1n) is 6.08. The van der Waals surface area contributed by atoms with E-state index >= 15 is 0 Å². The van der Waals surface area contributed by atoms with Crippen molar-refractivity contribution in [3.05, 3.63) is 0 Å². The van der Waals surface area contributed by atoms with Crippen molar-refractivity contribution in [2.45, 2.75) is 38.8 Å². The molecule has 0 radical (unpaired) electrons. The number of carbonyl (C=O) groups is 2. The number of methoxy groups -OCH3 is 2. The normalized spacial score (nSPS) is 14.1. The molecule has 2 atom stereocenters. The molecule has 18 heavy (non-hydrogen) atoms. The Morgan fingerprint density at radius 1 is 1.11 bits per heavy atom. The average molecular weight is 260 g/mol. The van der Waals surface area contributed by atoms with Gasteiger partial charge in [-0.05, 0) is 25.3 Å². The van der Waals surface area contributed by atoms with E-state index in [2.05, 4.69) is 10.1 Å². The van der Waals surface area contributed by atoms with Gasteiger partial charge < -0.3 is 15.2 Å². The molecule has 0 aliphatic heterocycles. The topological polar surface area (TPSA) is 90.6 Å². The fraction of sp³-hybridized carbons (Fsp3) is 0.833. The van der Waals surface area contributed by atoms with Gasteiger partial charge in [0.15, 0.2) is 0 Å². The molecule has 6 nitrogen and oxygen atoms in total. The van der Waals surface area contributed by atoms with Crippen LogP contribution in [0.5, 0.6) is 0 Å². The Labute approximate surface area is 108 Å². The Morgan fingerprint density at radius 2 is 1.61 bits per heavy atom. The van der Waals surface area contributed by atoms with E-state index in [0.29, 0.717) is 25.3 Å². The second-order valence-corrected chi connectivity index (χ2v) is 4.53. The van der Waals surface area contributed by atoms with Gasteiger partial charge in [0.2, 0.25) is 0 Å². The van der Waals surface area contributed by atoms with Crippen molar-refractivity contribution in [1.29, 1.82) is 0 Å². The molecule has 1 unspecified atom stereocenters. The van der Waals surface area contributed by atoms with Gasteiger partial charge in [0.05, 0.1) is 14.2 Å². The molecule has 0 aromatic heterocycles. The maximum atomic E-state index is 11.6. The van der Waals surface area contributed by atoms with Gasteiger partial charge >= 0.3 is 11.9 Å². The highest BCUT2D eigenvalue weighted by Gasteiger charge is 2.27. The smallest absolute Gasteiger partial charge is 0.322 e. The molecule has 0 aromatic rings.